The smallest absolute Gasteiger partial charge is 0.134 e. The molecule has 3 N–H and O–H groups in total. The molecule has 1 fully saturated rings. The molecule has 0 spiro atoms. The summed E-state index contributed by atoms with van der Waals surface area (Å²) < 4.78 is 5.57. The molecule has 0 bridgehead atoms. The Kier molecular flexibility index (Phi) is 4.75. The minimum atomic E-state index is 0.577. The van der Waals surface area contributed by atoms with Crippen LogP contribution in [0.2, 0.25) is 0 Å². The van der Waals surface area contributed by atoms with E-state index in [9.17, 15) is 0 Å². The summed E-state index contributed by atoms with van der Waals surface area (Å²) >= 11 is 0. The van der Waals surface area contributed by atoms with E-state index in [0.29, 0.717) is 12.4 Å². The largest absolute Gasteiger partial charge is 0.383 e. The Balaban J connectivity index is 1.77. The van der Waals surface area contributed by atoms with Crippen molar-refractivity contribution in [2.75, 3.05) is 30.8 Å². The zero-order chi connectivity index (χ0) is 12.8. The molecule has 0 amide bonds. The van der Waals surface area contributed by atoms with Gasteiger partial charge in [-0.1, -0.05) is 13.3 Å². The van der Waals surface area contributed by atoms with Crippen LogP contribution in [0.1, 0.15) is 31.7 Å². The molecule has 0 radical (unpaired) electrons. The first kappa shape index (κ1) is 13.1. The predicted molar refractivity (Wildman–Crippen MR) is 72.5 cm³/mol. The van der Waals surface area contributed by atoms with Crippen LogP contribution in [0, 0.1) is 5.92 Å². The predicted octanol–water partition coefficient (Wildman–Crippen LogP) is 1.85. The number of nitrogen functional groups attached to an aromatic ring is 1. The summed E-state index contributed by atoms with van der Waals surface area (Å²) in [6.45, 7) is 4.50. The molecule has 1 aromatic heterocycles. The highest BCUT2D eigenvalue weighted by molar-refractivity contribution is 5.54. The lowest BCUT2D eigenvalue weighted by Crippen LogP contribution is -2.14. The highest BCUT2D eigenvalue weighted by Crippen LogP contribution is 2.28. The SMILES string of the molecule is CCCc1c(N)ncnc1NCCOCC1CC1. The Hall–Kier alpha value is -1.36. The first-order valence-corrected chi connectivity index (χ1v) is 6.72. The van der Waals surface area contributed by atoms with Gasteiger partial charge in [0.2, 0.25) is 0 Å². The van der Waals surface area contributed by atoms with Crippen LogP contribution in [-0.2, 0) is 11.2 Å². The number of hydrogen-bond acceptors (Lipinski definition) is 5. The van der Waals surface area contributed by atoms with Gasteiger partial charge in [0.15, 0.2) is 0 Å². The van der Waals surface area contributed by atoms with Crippen LogP contribution in [0.4, 0.5) is 11.6 Å². The molecule has 5 nitrogen and oxygen atoms in total. The van der Waals surface area contributed by atoms with E-state index in [0.717, 1.165) is 43.3 Å². The van der Waals surface area contributed by atoms with Gasteiger partial charge in [0.1, 0.15) is 18.0 Å². The van der Waals surface area contributed by atoms with Gasteiger partial charge in [-0.25, -0.2) is 9.97 Å². The minimum Gasteiger partial charge on any atom is -0.383 e. The molecule has 1 saturated carbocycles. The van der Waals surface area contributed by atoms with Crippen LogP contribution in [0.25, 0.3) is 0 Å². The molecule has 0 aromatic carbocycles. The van der Waals surface area contributed by atoms with E-state index in [1.165, 1.54) is 19.2 Å². The van der Waals surface area contributed by atoms with E-state index in [2.05, 4.69) is 22.2 Å². The average Bonchev–Trinajstić information content (AvgIpc) is 3.17. The van der Waals surface area contributed by atoms with Gasteiger partial charge in [0.25, 0.3) is 0 Å². The van der Waals surface area contributed by atoms with Crippen LogP contribution in [-0.4, -0.2) is 29.7 Å². The maximum atomic E-state index is 5.86. The maximum Gasteiger partial charge on any atom is 0.134 e. The van der Waals surface area contributed by atoms with Crippen LogP contribution < -0.4 is 11.1 Å². The highest BCUT2D eigenvalue weighted by Gasteiger charge is 2.20. The molecule has 1 aliphatic rings. The number of nitrogens with two attached hydrogens (primary N) is 1. The fourth-order valence-electron chi connectivity index (χ4n) is 1.85. The molecule has 0 unspecified atom stereocenters. The summed E-state index contributed by atoms with van der Waals surface area (Å²) in [5.41, 5.74) is 6.88. The molecule has 1 aliphatic carbocycles. The second kappa shape index (κ2) is 6.54. The third kappa shape index (κ3) is 3.84. The van der Waals surface area contributed by atoms with Crippen LogP contribution >= 0.6 is 0 Å². The molecule has 5 heteroatoms. The molecule has 1 heterocycles. The van der Waals surface area contributed by atoms with E-state index in [4.69, 9.17) is 10.5 Å². The molecule has 1 aromatic rings. The lowest BCUT2D eigenvalue weighted by molar-refractivity contribution is 0.134. The van der Waals surface area contributed by atoms with Gasteiger partial charge >= 0.3 is 0 Å². The Bertz CT molecular complexity index is 379. The number of nitrogens with one attached hydrogen (secondary N) is 1. The van der Waals surface area contributed by atoms with Crippen molar-refractivity contribution in [3.8, 4) is 0 Å². The lowest BCUT2D eigenvalue weighted by Gasteiger charge is -2.11. The van der Waals surface area contributed by atoms with E-state index in [1.807, 2.05) is 0 Å². The van der Waals surface area contributed by atoms with Gasteiger partial charge in [0.05, 0.1) is 6.61 Å². The lowest BCUT2D eigenvalue weighted by atomic mass is 10.1. The van der Waals surface area contributed by atoms with Gasteiger partial charge < -0.3 is 15.8 Å². The number of hydrogen-bond donors (Lipinski definition) is 2. The summed E-state index contributed by atoms with van der Waals surface area (Å²) in [6, 6.07) is 0. The number of ether oxygens (including phenoxy) is 1. The molecule has 18 heavy (non-hydrogen) atoms. The van der Waals surface area contributed by atoms with Gasteiger partial charge in [-0.3, -0.25) is 0 Å². The Morgan fingerprint density at radius 2 is 2.28 bits per heavy atom. The highest BCUT2D eigenvalue weighted by atomic mass is 16.5. The monoisotopic (exact) mass is 250 g/mol. The fraction of sp³-hybridized carbons (Fsp3) is 0.692. The zero-order valence-corrected chi connectivity index (χ0v) is 11.0. The van der Waals surface area contributed by atoms with Crippen LogP contribution in [0.3, 0.4) is 0 Å². The van der Waals surface area contributed by atoms with Gasteiger partial charge in [-0.05, 0) is 25.2 Å². The number of rotatable bonds is 8. The van der Waals surface area contributed by atoms with E-state index >= 15 is 0 Å². The maximum absolute atomic E-state index is 5.86. The van der Waals surface area contributed by atoms with Gasteiger partial charge in [-0.2, -0.15) is 0 Å². The first-order valence-electron chi connectivity index (χ1n) is 6.72. The second-order valence-electron chi connectivity index (χ2n) is 4.78. The molecular weight excluding hydrogens is 228 g/mol. The van der Waals surface area contributed by atoms with E-state index < -0.39 is 0 Å². The summed E-state index contributed by atoms with van der Waals surface area (Å²) in [7, 11) is 0. The fourth-order valence-corrected chi connectivity index (χ4v) is 1.85. The molecule has 100 valence electrons. The first-order chi connectivity index (χ1) is 8.81. The van der Waals surface area contributed by atoms with Gasteiger partial charge in [-0.15, -0.1) is 0 Å². The molecule has 0 saturated heterocycles. The third-order valence-electron chi connectivity index (χ3n) is 3.07. The molecular formula is C13H22N4O. The van der Waals surface area contributed by atoms with Crippen molar-refractivity contribution in [3.63, 3.8) is 0 Å². The summed E-state index contributed by atoms with van der Waals surface area (Å²) in [5, 5.41) is 3.28. The van der Waals surface area contributed by atoms with Crippen molar-refractivity contribution in [1.29, 1.82) is 0 Å². The van der Waals surface area contributed by atoms with E-state index in [-0.39, 0.29) is 0 Å². The number of aromatic nitrogens is 2. The van der Waals surface area contributed by atoms with Crippen LogP contribution in [0.15, 0.2) is 6.33 Å². The van der Waals surface area contributed by atoms with Crippen molar-refractivity contribution in [2.24, 2.45) is 5.92 Å². The molecule has 0 aliphatic heterocycles. The van der Waals surface area contributed by atoms with Crippen LogP contribution in [0.5, 0.6) is 0 Å². The molecule has 2 rings (SSSR count). The minimum absolute atomic E-state index is 0.577. The van der Waals surface area contributed by atoms with Crippen molar-refractivity contribution in [1.82, 2.24) is 9.97 Å². The number of anilines is 2. The van der Waals surface area contributed by atoms with Crippen molar-refractivity contribution in [3.05, 3.63) is 11.9 Å². The standard InChI is InChI=1S/C13H22N4O/c1-2-3-11-12(14)16-9-17-13(11)15-6-7-18-8-10-4-5-10/h9-10H,2-8H2,1H3,(H3,14,15,16,17). The summed E-state index contributed by atoms with van der Waals surface area (Å²) in [5.74, 6) is 2.24. The van der Waals surface area contributed by atoms with Gasteiger partial charge in [0, 0.05) is 18.7 Å². The second-order valence-corrected chi connectivity index (χ2v) is 4.78. The van der Waals surface area contributed by atoms with Crippen molar-refractivity contribution >= 4 is 11.6 Å². The number of nitrogens with zero attached hydrogens (tertiary/aromatic N) is 2. The summed E-state index contributed by atoms with van der Waals surface area (Å²) in [4.78, 5) is 8.28. The third-order valence-corrected chi connectivity index (χ3v) is 3.07. The topological polar surface area (TPSA) is 73.1 Å². The van der Waals surface area contributed by atoms with Crippen molar-refractivity contribution < 1.29 is 4.74 Å². The quantitative estimate of drug-likeness (QED) is 0.689. The Labute approximate surface area is 108 Å². The van der Waals surface area contributed by atoms with E-state index in [1.54, 1.807) is 0 Å². The van der Waals surface area contributed by atoms with Crippen molar-refractivity contribution in [2.45, 2.75) is 32.6 Å². The zero-order valence-electron chi connectivity index (χ0n) is 11.0. The summed E-state index contributed by atoms with van der Waals surface area (Å²) in [6.07, 6.45) is 6.09. The molecule has 0 atom stereocenters. The normalized spacial score (nSPS) is 14.7. The Morgan fingerprint density at radius 3 is 3.00 bits per heavy atom. The Morgan fingerprint density at radius 1 is 1.44 bits per heavy atom. The average molecular weight is 250 g/mol.